The van der Waals surface area contributed by atoms with Crippen LogP contribution in [0.5, 0.6) is 0 Å². The number of likely N-dealkylation sites (tertiary alicyclic amines) is 1. The number of benzene rings is 1. The highest BCUT2D eigenvalue weighted by Gasteiger charge is 2.29. The molecule has 4 rings (SSSR count). The molecule has 1 aliphatic heterocycles. The number of aromatic carboxylic acids is 1. The first-order valence-electron chi connectivity index (χ1n) is 8.52. The van der Waals surface area contributed by atoms with Crippen LogP contribution in [0.2, 0.25) is 0 Å². The van der Waals surface area contributed by atoms with E-state index < -0.39 is 5.97 Å². The monoisotopic (exact) mass is 354 g/mol. The molecule has 3 heterocycles. The lowest BCUT2D eigenvalue weighted by molar-refractivity contribution is 0.0647. The Bertz CT molecular complexity index is 979. The molecule has 7 heteroatoms. The van der Waals surface area contributed by atoms with Crippen molar-refractivity contribution in [3.63, 3.8) is 0 Å². The molecule has 1 amide bonds. The third-order valence-electron chi connectivity index (χ3n) is 4.98. The minimum absolute atomic E-state index is 0.0904. The number of amides is 1. The Morgan fingerprint density at radius 3 is 2.62 bits per heavy atom. The highest BCUT2D eigenvalue weighted by atomic mass is 16.5. The van der Waals surface area contributed by atoms with Crippen LogP contribution in [-0.4, -0.2) is 40.1 Å². The molecular weight excluding hydrogens is 336 g/mol. The number of carbonyl (C=O) groups is 2. The van der Waals surface area contributed by atoms with Gasteiger partial charge in [-0.15, -0.1) is 0 Å². The fourth-order valence-electron chi connectivity index (χ4n) is 3.48. The summed E-state index contributed by atoms with van der Waals surface area (Å²) in [7, 11) is 0. The summed E-state index contributed by atoms with van der Waals surface area (Å²) in [6, 6.07) is 9.08. The maximum atomic E-state index is 12.8. The minimum atomic E-state index is -1.13. The predicted molar refractivity (Wildman–Crippen MR) is 92.3 cm³/mol. The number of hydrogen-bond acceptors (Lipinski definition) is 5. The second-order valence-corrected chi connectivity index (χ2v) is 6.54. The zero-order chi connectivity index (χ0) is 18.3. The Balaban J connectivity index is 1.47. The zero-order valence-corrected chi connectivity index (χ0v) is 14.3. The summed E-state index contributed by atoms with van der Waals surface area (Å²) in [5.41, 5.74) is 2.21. The number of rotatable bonds is 3. The van der Waals surface area contributed by atoms with Crippen molar-refractivity contribution in [1.82, 2.24) is 10.1 Å². The van der Waals surface area contributed by atoms with Crippen molar-refractivity contribution in [3.8, 4) is 0 Å². The van der Waals surface area contributed by atoms with Crippen molar-refractivity contribution in [2.45, 2.75) is 25.7 Å². The molecule has 134 valence electrons. The van der Waals surface area contributed by atoms with Crippen LogP contribution in [0.1, 0.15) is 51.1 Å². The van der Waals surface area contributed by atoms with Gasteiger partial charge in [-0.05, 0) is 25.8 Å². The van der Waals surface area contributed by atoms with Gasteiger partial charge in [0.05, 0.1) is 5.69 Å². The van der Waals surface area contributed by atoms with Crippen LogP contribution >= 0.6 is 0 Å². The number of aromatic nitrogens is 1. The van der Waals surface area contributed by atoms with E-state index in [9.17, 15) is 9.59 Å². The third-order valence-corrected chi connectivity index (χ3v) is 4.98. The molecule has 0 saturated carbocycles. The topological polar surface area (TPSA) is 96.8 Å². The molecule has 0 atom stereocenters. The summed E-state index contributed by atoms with van der Waals surface area (Å²) in [5, 5.41) is 13.7. The van der Waals surface area contributed by atoms with Gasteiger partial charge < -0.3 is 18.9 Å². The Morgan fingerprint density at radius 1 is 1.23 bits per heavy atom. The van der Waals surface area contributed by atoms with Crippen molar-refractivity contribution in [2.75, 3.05) is 13.1 Å². The van der Waals surface area contributed by atoms with Crippen molar-refractivity contribution >= 4 is 22.8 Å². The molecule has 0 bridgehead atoms. The quantitative estimate of drug-likeness (QED) is 0.774. The van der Waals surface area contributed by atoms with E-state index in [2.05, 4.69) is 5.16 Å². The number of carboxylic acids is 1. The normalized spacial score (nSPS) is 15.5. The smallest absolute Gasteiger partial charge is 0.374 e. The average molecular weight is 354 g/mol. The second kappa shape index (κ2) is 6.33. The molecule has 1 saturated heterocycles. The standard InChI is InChI=1S/C19H18N2O5/c1-11-13-4-2-3-5-15(13)25-17(11)18(22)21-8-6-12(7-9-21)14-10-16(19(23)24)26-20-14/h2-5,10,12H,6-9H2,1H3,(H,23,24). The van der Waals surface area contributed by atoms with Crippen LogP contribution in [0, 0.1) is 6.92 Å². The van der Waals surface area contributed by atoms with Crippen LogP contribution in [0.3, 0.4) is 0 Å². The summed E-state index contributed by atoms with van der Waals surface area (Å²) in [6.07, 6.45) is 1.41. The van der Waals surface area contributed by atoms with E-state index >= 15 is 0 Å². The van der Waals surface area contributed by atoms with E-state index in [1.54, 1.807) is 4.90 Å². The fraction of sp³-hybridized carbons (Fsp3) is 0.316. The largest absolute Gasteiger partial charge is 0.475 e. The van der Waals surface area contributed by atoms with E-state index in [1.165, 1.54) is 6.07 Å². The highest BCUT2D eigenvalue weighted by molar-refractivity contribution is 5.99. The molecule has 1 aliphatic rings. The summed E-state index contributed by atoms with van der Waals surface area (Å²) in [6.45, 7) is 3.03. The molecule has 1 N–H and O–H groups in total. The molecule has 2 aromatic heterocycles. The summed E-state index contributed by atoms with van der Waals surface area (Å²) in [4.78, 5) is 25.5. The van der Waals surface area contributed by atoms with Gasteiger partial charge in [0.1, 0.15) is 5.58 Å². The Kier molecular flexibility index (Phi) is 3.99. The van der Waals surface area contributed by atoms with Crippen LogP contribution in [0.25, 0.3) is 11.0 Å². The number of hydrogen-bond donors (Lipinski definition) is 1. The van der Waals surface area contributed by atoms with Crippen molar-refractivity contribution < 1.29 is 23.6 Å². The van der Waals surface area contributed by atoms with E-state index in [4.69, 9.17) is 14.0 Å². The van der Waals surface area contributed by atoms with Gasteiger partial charge in [0.15, 0.2) is 5.76 Å². The maximum absolute atomic E-state index is 12.8. The van der Waals surface area contributed by atoms with Gasteiger partial charge in [-0.3, -0.25) is 4.79 Å². The lowest BCUT2D eigenvalue weighted by Gasteiger charge is -2.30. The summed E-state index contributed by atoms with van der Waals surface area (Å²) < 4.78 is 10.6. The maximum Gasteiger partial charge on any atom is 0.374 e. The number of para-hydroxylation sites is 1. The SMILES string of the molecule is Cc1c(C(=O)N2CCC(c3cc(C(=O)O)on3)CC2)oc2ccccc12. The molecule has 0 radical (unpaired) electrons. The first kappa shape index (κ1) is 16.4. The van der Waals surface area contributed by atoms with E-state index in [1.807, 2.05) is 31.2 Å². The number of aryl methyl sites for hydroxylation is 1. The molecule has 3 aromatic rings. The molecule has 0 unspecified atom stereocenters. The third kappa shape index (κ3) is 2.75. The Labute approximate surface area is 149 Å². The van der Waals surface area contributed by atoms with Gasteiger partial charge in [-0.2, -0.15) is 0 Å². The second-order valence-electron chi connectivity index (χ2n) is 6.54. The van der Waals surface area contributed by atoms with E-state index in [0.717, 1.165) is 10.9 Å². The van der Waals surface area contributed by atoms with Gasteiger partial charge in [0, 0.05) is 36.0 Å². The van der Waals surface area contributed by atoms with Crippen molar-refractivity contribution in [2.24, 2.45) is 0 Å². The number of nitrogens with zero attached hydrogens (tertiary/aromatic N) is 2. The molecule has 1 aromatic carbocycles. The molecule has 7 nitrogen and oxygen atoms in total. The van der Waals surface area contributed by atoms with Crippen LogP contribution < -0.4 is 0 Å². The lowest BCUT2D eigenvalue weighted by Crippen LogP contribution is -2.38. The first-order chi connectivity index (χ1) is 12.5. The van der Waals surface area contributed by atoms with Gasteiger partial charge >= 0.3 is 5.97 Å². The van der Waals surface area contributed by atoms with Gasteiger partial charge in [0.2, 0.25) is 5.76 Å². The summed E-state index contributed by atoms with van der Waals surface area (Å²) in [5.74, 6) is -0.913. The Hall–Kier alpha value is -3.09. The number of carboxylic acid groups (broad SMARTS) is 1. The van der Waals surface area contributed by atoms with Gasteiger partial charge in [0.25, 0.3) is 5.91 Å². The fourth-order valence-corrected chi connectivity index (χ4v) is 3.48. The number of furan rings is 1. The molecule has 26 heavy (non-hydrogen) atoms. The number of fused-ring (bicyclic) bond motifs is 1. The van der Waals surface area contributed by atoms with Gasteiger partial charge in [-0.25, -0.2) is 4.79 Å². The minimum Gasteiger partial charge on any atom is -0.475 e. The van der Waals surface area contributed by atoms with Crippen molar-refractivity contribution in [3.05, 3.63) is 53.1 Å². The number of piperidine rings is 1. The van der Waals surface area contributed by atoms with Crippen LogP contribution in [-0.2, 0) is 0 Å². The van der Waals surface area contributed by atoms with E-state index in [0.29, 0.717) is 43.0 Å². The molecule has 1 fully saturated rings. The van der Waals surface area contributed by atoms with Gasteiger partial charge in [-0.1, -0.05) is 23.4 Å². The van der Waals surface area contributed by atoms with E-state index in [-0.39, 0.29) is 17.6 Å². The first-order valence-corrected chi connectivity index (χ1v) is 8.52. The summed E-state index contributed by atoms with van der Waals surface area (Å²) >= 11 is 0. The Morgan fingerprint density at radius 2 is 1.96 bits per heavy atom. The predicted octanol–water partition coefficient (Wildman–Crippen LogP) is 3.45. The van der Waals surface area contributed by atoms with Crippen molar-refractivity contribution in [1.29, 1.82) is 0 Å². The molecule has 0 aliphatic carbocycles. The molecule has 0 spiro atoms. The van der Waals surface area contributed by atoms with Crippen LogP contribution in [0.4, 0.5) is 0 Å². The molecular formula is C19H18N2O5. The highest BCUT2D eigenvalue weighted by Crippen LogP contribution is 2.30. The lowest BCUT2D eigenvalue weighted by atomic mass is 9.93. The number of carbonyl (C=O) groups excluding carboxylic acids is 1. The zero-order valence-electron chi connectivity index (χ0n) is 14.3. The van der Waals surface area contributed by atoms with Crippen LogP contribution in [0.15, 0.2) is 39.3 Å². The average Bonchev–Trinajstić information content (AvgIpc) is 3.27.